The Morgan fingerprint density at radius 2 is 1.91 bits per heavy atom. The zero-order valence-corrected chi connectivity index (χ0v) is 13.2. The van der Waals surface area contributed by atoms with E-state index in [4.69, 9.17) is 4.74 Å². The van der Waals surface area contributed by atoms with Crippen molar-refractivity contribution in [1.82, 2.24) is 4.90 Å². The molecule has 0 bridgehead atoms. The molecule has 1 saturated heterocycles. The summed E-state index contributed by atoms with van der Waals surface area (Å²) in [6.45, 7) is 4.71. The highest BCUT2D eigenvalue weighted by atomic mass is 16.6. The number of likely N-dealkylation sites (tertiary alicyclic amines) is 1. The van der Waals surface area contributed by atoms with E-state index in [0.29, 0.717) is 38.8 Å². The molecule has 23 heavy (non-hydrogen) atoms. The third kappa shape index (κ3) is 4.34. The largest absolute Gasteiger partial charge is 0.481 e. The fourth-order valence-electron chi connectivity index (χ4n) is 2.88. The molecule has 0 atom stereocenters. The Morgan fingerprint density at radius 3 is 2.48 bits per heavy atom. The number of carbonyl (C=O) groups is 2. The van der Waals surface area contributed by atoms with Crippen molar-refractivity contribution in [2.75, 3.05) is 13.1 Å². The molecule has 0 spiro atoms. The van der Waals surface area contributed by atoms with Crippen LogP contribution in [-0.4, -0.2) is 35.2 Å². The van der Waals surface area contributed by atoms with Crippen LogP contribution in [0.2, 0.25) is 0 Å². The van der Waals surface area contributed by atoms with Crippen LogP contribution < -0.4 is 0 Å². The van der Waals surface area contributed by atoms with Gasteiger partial charge in [-0.2, -0.15) is 0 Å². The Bertz CT molecular complexity index is 547. The van der Waals surface area contributed by atoms with Gasteiger partial charge in [-0.15, -0.1) is 6.58 Å². The maximum Gasteiger partial charge on any atom is 0.410 e. The predicted octanol–water partition coefficient (Wildman–Crippen LogP) is 3.46. The summed E-state index contributed by atoms with van der Waals surface area (Å²) in [5.74, 6) is -0.781. The Hall–Kier alpha value is -2.30. The number of rotatable bonds is 6. The van der Waals surface area contributed by atoms with Gasteiger partial charge >= 0.3 is 12.1 Å². The molecule has 0 unspecified atom stereocenters. The smallest absolute Gasteiger partial charge is 0.410 e. The maximum atomic E-state index is 12.1. The van der Waals surface area contributed by atoms with Crippen LogP contribution in [0.3, 0.4) is 0 Å². The summed E-state index contributed by atoms with van der Waals surface area (Å²) < 4.78 is 5.30. The number of hydrogen-bond acceptors (Lipinski definition) is 3. The first-order valence-electron chi connectivity index (χ1n) is 7.87. The highest BCUT2D eigenvalue weighted by Crippen LogP contribution is 2.36. The second-order valence-corrected chi connectivity index (χ2v) is 5.94. The van der Waals surface area contributed by atoms with Gasteiger partial charge in [0.25, 0.3) is 0 Å². The van der Waals surface area contributed by atoms with E-state index in [1.54, 1.807) is 11.0 Å². The van der Waals surface area contributed by atoms with Gasteiger partial charge in [-0.1, -0.05) is 36.4 Å². The summed E-state index contributed by atoms with van der Waals surface area (Å²) in [6.07, 6.45) is 3.51. The van der Waals surface area contributed by atoms with Crippen LogP contribution in [0.15, 0.2) is 43.0 Å². The summed E-state index contributed by atoms with van der Waals surface area (Å²) in [5.41, 5.74) is 0.188. The summed E-state index contributed by atoms with van der Waals surface area (Å²) in [7, 11) is 0. The van der Waals surface area contributed by atoms with Crippen molar-refractivity contribution >= 4 is 12.1 Å². The van der Waals surface area contributed by atoms with Gasteiger partial charge in [0.05, 0.1) is 5.41 Å². The van der Waals surface area contributed by atoms with Crippen LogP contribution >= 0.6 is 0 Å². The number of carboxylic acids is 1. The third-order valence-electron chi connectivity index (χ3n) is 4.46. The fourth-order valence-corrected chi connectivity index (χ4v) is 2.88. The molecule has 1 N–H and O–H groups in total. The molecule has 0 saturated carbocycles. The number of carbonyl (C=O) groups excluding carboxylic acids is 1. The van der Waals surface area contributed by atoms with E-state index in [0.717, 1.165) is 5.56 Å². The summed E-state index contributed by atoms with van der Waals surface area (Å²) in [5, 5.41) is 9.52. The second-order valence-electron chi connectivity index (χ2n) is 5.94. The van der Waals surface area contributed by atoms with Crippen molar-refractivity contribution in [2.24, 2.45) is 5.41 Å². The molecule has 124 valence electrons. The molecular formula is C18H23NO4. The lowest BCUT2D eigenvalue weighted by Crippen LogP contribution is -2.46. The topological polar surface area (TPSA) is 66.8 Å². The zero-order chi connectivity index (χ0) is 16.7. The Kier molecular flexibility index (Phi) is 5.79. The molecule has 5 heteroatoms. The lowest BCUT2D eigenvalue weighted by atomic mass is 9.75. The van der Waals surface area contributed by atoms with Crippen LogP contribution in [0.1, 0.15) is 31.2 Å². The Labute approximate surface area is 136 Å². The summed E-state index contributed by atoms with van der Waals surface area (Å²) >= 11 is 0. The number of ether oxygens (including phenoxy) is 1. The van der Waals surface area contributed by atoms with Gasteiger partial charge in [-0.25, -0.2) is 4.79 Å². The van der Waals surface area contributed by atoms with Crippen LogP contribution in [0.25, 0.3) is 0 Å². The zero-order valence-electron chi connectivity index (χ0n) is 13.2. The minimum absolute atomic E-state index is 0.233. The first kappa shape index (κ1) is 17.1. The van der Waals surface area contributed by atoms with E-state index in [-0.39, 0.29) is 12.7 Å². The SMILES string of the molecule is C=CCCC1(C(=O)O)CCN(C(=O)OCc2ccccc2)CC1. The normalized spacial score (nSPS) is 16.6. The van der Waals surface area contributed by atoms with E-state index < -0.39 is 11.4 Å². The molecule has 2 rings (SSSR count). The first-order chi connectivity index (χ1) is 11.1. The number of benzene rings is 1. The number of amides is 1. The van der Waals surface area contributed by atoms with Crippen LogP contribution in [-0.2, 0) is 16.1 Å². The Morgan fingerprint density at radius 1 is 1.26 bits per heavy atom. The molecule has 1 aliphatic heterocycles. The van der Waals surface area contributed by atoms with Crippen molar-refractivity contribution in [3.05, 3.63) is 48.6 Å². The molecule has 1 amide bonds. The van der Waals surface area contributed by atoms with E-state index in [1.807, 2.05) is 30.3 Å². The molecule has 0 aliphatic carbocycles. The molecule has 1 aromatic rings. The number of aliphatic carboxylic acids is 1. The minimum Gasteiger partial charge on any atom is -0.481 e. The lowest BCUT2D eigenvalue weighted by Gasteiger charge is -2.38. The van der Waals surface area contributed by atoms with Gasteiger partial charge in [0.2, 0.25) is 0 Å². The molecule has 1 aromatic carbocycles. The molecule has 1 heterocycles. The fraction of sp³-hybridized carbons (Fsp3) is 0.444. The molecule has 1 fully saturated rings. The van der Waals surface area contributed by atoms with Crippen molar-refractivity contribution in [1.29, 1.82) is 0 Å². The van der Waals surface area contributed by atoms with Crippen molar-refractivity contribution in [3.63, 3.8) is 0 Å². The third-order valence-corrected chi connectivity index (χ3v) is 4.46. The van der Waals surface area contributed by atoms with Crippen LogP contribution in [0.4, 0.5) is 4.79 Å². The van der Waals surface area contributed by atoms with Crippen LogP contribution in [0, 0.1) is 5.41 Å². The number of nitrogens with zero attached hydrogens (tertiary/aromatic N) is 1. The lowest BCUT2D eigenvalue weighted by molar-refractivity contribution is -0.152. The number of piperidine rings is 1. The van der Waals surface area contributed by atoms with Crippen LogP contribution in [0.5, 0.6) is 0 Å². The van der Waals surface area contributed by atoms with E-state index in [9.17, 15) is 14.7 Å². The summed E-state index contributed by atoms with van der Waals surface area (Å²) in [4.78, 5) is 25.3. The minimum atomic E-state index is -0.781. The highest BCUT2D eigenvalue weighted by molar-refractivity contribution is 5.75. The van der Waals surface area contributed by atoms with E-state index >= 15 is 0 Å². The predicted molar refractivity (Wildman–Crippen MR) is 86.9 cm³/mol. The van der Waals surface area contributed by atoms with Gasteiger partial charge in [0.1, 0.15) is 6.61 Å². The maximum absolute atomic E-state index is 12.1. The molecular weight excluding hydrogens is 294 g/mol. The number of carboxylic acid groups (broad SMARTS) is 1. The number of allylic oxidation sites excluding steroid dienone is 1. The quantitative estimate of drug-likeness (QED) is 0.816. The standard InChI is InChI=1S/C18H23NO4/c1-2-3-9-18(16(20)21)10-12-19(13-11-18)17(22)23-14-15-7-5-4-6-8-15/h2,4-8H,1,3,9-14H2,(H,20,21). The van der Waals surface area contributed by atoms with Gasteiger partial charge < -0.3 is 14.7 Å². The highest BCUT2D eigenvalue weighted by Gasteiger charge is 2.41. The van der Waals surface area contributed by atoms with E-state index in [2.05, 4.69) is 6.58 Å². The van der Waals surface area contributed by atoms with Gasteiger partial charge in [0, 0.05) is 13.1 Å². The van der Waals surface area contributed by atoms with E-state index in [1.165, 1.54) is 0 Å². The Balaban J connectivity index is 1.86. The van der Waals surface area contributed by atoms with Gasteiger partial charge in [-0.05, 0) is 31.2 Å². The molecule has 1 aliphatic rings. The average molecular weight is 317 g/mol. The number of hydrogen-bond donors (Lipinski definition) is 1. The molecule has 0 aromatic heterocycles. The summed E-state index contributed by atoms with van der Waals surface area (Å²) in [6, 6.07) is 9.49. The molecule has 0 radical (unpaired) electrons. The first-order valence-corrected chi connectivity index (χ1v) is 7.87. The monoisotopic (exact) mass is 317 g/mol. The van der Waals surface area contributed by atoms with Crippen molar-refractivity contribution < 1.29 is 19.4 Å². The second kappa shape index (κ2) is 7.81. The van der Waals surface area contributed by atoms with Crippen molar-refractivity contribution in [3.8, 4) is 0 Å². The van der Waals surface area contributed by atoms with Gasteiger partial charge in [-0.3, -0.25) is 4.79 Å². The van der Waals surface area contributed by atoms with Crippen molar-refractivity contribution in [2.45, 2.75) is 32.3 Å². The average Bonchev–Trinajstić information content (AvgIpc) is 2.59. The van der Waals surface area contributed by atoms with Gasteiger partial charge in [0.15, 0.2) is 0 Å². The molecule has 5 nitrogen and oxygen atoms in total.